The number of carbonyl (C=O) groups is 1. The van der Waals surface area contributed by atoms with Gasteiger partial charge in [-0.15, -0.1) is 0 Å². The van der Waals surface area contributed by atoms with Crippen molar-refractivity contribution in [3.05, 3.63) is 35.3 Å². The summed E-state index contributed by atoms with van der Waals surface area (Å²) in [5.41, 5.74) is -0.643. The first-order valence-corrected chi connectivity index (χ1v) is 5.30. The van der Waals surface area contributed by atoms with E-state index in [-0.39, 0.29) is 17.3 Å². The highest BCUT2D eigenvalue weighted by atomic mass is 19.1. The highest BCUT2D eigenvalue weighted by Crippen LogP contribution is 2.21. The molecule has 0 aliphatic carbocycles. The number of amides is 1. The van der Waals surface area contributed by atoms with Gasteiger partial charge in [-0.25, -0.2) is 4.39 Å². The Morgan fingerprint density at radius 3 is 2.30 bits per heavy atom. The third-order valence-corrected chi connectivity index (χ3v) is 2.13. The van der Waals surface area contributed by atoms with E-state index in [9.17, 15) is 9.18 Å². The van der Waals surface area contributed by atoms with Crippen LogP contribution < -0.4 is 10.6 Å². The molecule has 0 unspecified atom stereocenters. The van der Waals surface area contributed by atoms with Gasteiger partial charge in [-0.05, 0) is 18.2 Å². The lowest BCUT2D eigenvalue weighted by Gasteiger charge is -2.09. The molecule has 0 aromatic heterocycles. The van der Waals surface area contributed by atoms with Crippen LogP contribution in [-0.4, -0.2) is 5.91 Å². The number of hydrogen-bond acceptors (Lipinski definition) is 5. The predicted octanol–water partition coefficient (Wildman–Crippen LogP) is 2.02. The minimum atomic E-state index is -0.693. The Morgan fingerprint density at radius 1 is 1.15 bits per heavy atom. The summed E-state index contributed by atoms with van der Waals surface area (Å²) in [4.78, 5) is 10.9. The van der Waals surface area contributed by atoms with Crippen LogP contribution in [0.4, 0.5) is 15.8 Å². The van der Waals surface area contributed by atoms with Crippen molar-refractivity contribution in [3.63, 3.8) is 0 Å². The minimum Gasteiger partial charge on any atom is -0.343 e. The lowest BCUT2D eigenvalue weighted by molar-refractivity contribution is -0.114. The number of hydrogen-bond donors (Lipinski definition) is 2. The first kappa shape index (κ1) is 14.7. The topological polar surface area (TPSA) is 112 Å². The largest absolute Gasteiger partial charge is 0.343 e. The van der Waals surface area contributed by atoms with E-state index in [1.165, 1.54) is 31.2 Å². The number of nitriles is 3. The van der Waals surface area contributed by atoms with Crippen LogP contribution in [0.15, 0.2) is 29.5 Å². The fourth-order valence-corrected chi connectivity index (χ4v) is 1.32. The molecule has 98 valence electrons. The van der Waals surface area contributed by atoms with Gasteiger partial charge < -0.3 is 10.6 Å². The highest BCUT2D eigenvalue weighted by molar-refractivity contribution is 5.89. The van der Waals surface area contributed by atoms with Crippen LogP contribution in [0.5, 0.6) is 0 Å². The van der Waals surface area contributed by atoms with Crippen molar-refractivity contribution in [1.82, 2.24) is 0 Å². The van der Waals surface area contributed by atoms with Crippen LogP contribution in [0.2, 0.25) is 0 Å². The predicted molar refractivity (Wildman–Crippen MR) is 68.2 cm³/mol. The van der Waals surface area contributed by atoms with E-state index in [4.69, 9.17) is 15.8 Å². The Hall–Kier alpha value is -3.37. The van der Waals surface area contributed by atoms with Crippen molar-refractivity contribution in [2.24, 2.45) is 0 Å². The summed E-state index contributed by atoms with van der Waals surface area (Å²) in [5, 5.41) is 31.0. The average molecular weight is 269 g/mol. The van der Waals surface area contributed by atoms with Gasteiger partial charge in [0.1, 0.15) is 29.7 Å². The number of rotatable bonds is 3. The lowest BCUT2D eigenvalue weighted by Crippen LogP contribution is -2.07. The summed E-state index contributed by atoms with van der Waals surface area (Å²) in [6.45, 7) is 1.29. The molecule has 1 aromatic carbocycles. The molecule has 0 radical (unpaired) electrons. The number of allylic oxidation sites excluding steroid dienone is 2. The zero-order chi connectivity index (χ0) is 15.1. The molecule has 20 heavy (non-hydrogen) atoms. The maximum absolute atomic E-state index is 13.6. The highest BCUT2D eigenvalue weighted by Gasteiger charge is 2.10. The van der Waals surface area contributed by atoms with Gasteiger partial charge in [-0.2, -0.15) is 15.8 Å². The van der Waals surface area contributed by atoms with E-state index in [2.05, 4.69) is 10.6 Å². The Kier molecular flexibility index (Phi) is 4.80. The van der Waals surface area contributed by atoms with E-state index in [0.717, 1.165) is 6.07 Å². The molecule has 0 spiro atoms. The van der Waals surface area contributed by atoms with Crippen molar-refractivity contribution < 1.29 is 9.18 Å². The first-order valence-electron chi connectivity index (χ1n) is 5.30. The molecule has 0 saturated heterocycles. The second-order valence-electron chi connectivity index (χ2n) is 3.59. The summed E-state index contributed by atoms with van der Waals surface area (Å²) in [5.74, 6) is -1.03. The molecule has 7 heteroatoms. The summed E-state index contributed by atoms with van der Waals surface area (Å²) >= 11 is 0. The molecule has 6 nitrogen and oxygen atoms in total. The summed E-state index contributed by atoms with van der Waals surface area (Å²) in [6.07, 6.45) is 0. The first-order chi connectivity index (χ1) is 9.51. The van der Waals surface area contributed by atoms with E-state index < -0.39 is 11.4 Å². The van der Waals surface area contributed by atoms with Crippen LogP contribution in [0, 0.1) is 39.8 Å². The van der Waals surface area contributed by atoms with Crippen molar-refractivity contribution in [1.29, 1.82) is 15.8 Å². The molecule has 0 aliphatic heterocycles. The Morgan fingerprint density at radius 2 is 1.80 bits per heavy atom. The molecule has 0 bridgehead atoms. The number of anilines is 2. The van der Waals surface area contributed by atoms with E-state index in [0.29, 0.717) is 5.69 Å². The standard InChI is InChI=1S/C13H8FN5O/c1-8(20)18-10-2-3-11(14)12(4-10)19-13(7-17)9(5-15)6-16/h2-4,19H,1H3,(H,18,20). The van der Waals surface area contributed by atoms with Crippen molar-refractivity contribution in [2.45, 2.75) is 6.92 Å². The summed E-state index contributed by atoms with van der Waals surface area (Å²) in [7, 11) is 0. The number of nitrogens with one attached hydrogen (secondary N) is 2. The molecule has 0 fully saturated rings. The van der Waals surface area contributed by atoms with Crippen LogP contribution in [-0.2, 0) is 4.79 Å². The normalized spacial score (nSPS) is 8.55. The van der Waals surface area contributed by atoms with Crippen molar-refractivity contribution in [3.8, 4) is 18.2 Å². The Balaban J connectivity index is 3.19. The van der Waals surface area contributed by atoms with Crippen LogP contribution >= 0.6 is 0 Å². The molecule has 1 amide bonds. The average Bonchev–Trinajstić information content (AvgIpc) is 2.41. The summed E-state index contributed by atoms with van der Waals surface area (Å²) < 4.78 is 13.6. The number of carbonyl (C=O) groups excluding carboxylic acids is 1. The quantitative estimate of drug-likeness (QED) is 0.815. The van der Waals surface area contributed by atoms with Crippen LogP contribution in [0.25, 0.3) is 0 Å². The van der Waals surface area contributed by atoms with Gasteiger partial charge in [-0.1, -0.05) is 0 Å². The fraction of sp³-hybridized carbons (Fsp3) is 0.0769. The SMILES string of the molecule is CC(=O)Nc1ccc(F)c(NC(C#N)=C(C#N)C#N)c1. The van der Waals surface area contributed by atoms with Gasteiger partial charge in [0, 0.05) is 12.6 Å². The minimum absolute atomic E-state index is 0.129. The zero-order valence-electron chi connectivity index (χ0n) is 10.4. The number of halogens is 1. The molecular formula is C13H8FN5O. The Bertz CT molecular complexity index is 687. The molecule has 2 N–H and O–H groups in total. The monoisotopic (exact) mass is 269 g/mol. The van der Waals surface area contributed by atoms with Crippen LogP contribution in [0.1, 0.15) is 6.92 Å². The van der Waals surface area contributed by atoms with Gasteiger partial charge in [0.2, 0.25) is 5.91 Å². The fourth-order valence-electron chi connectivity index (χ4n) is 1.32. The van der Waals surface area contributed by atoms with Crippen molar-refractivity contribution in [2.75, 3.05) is 10.6 Å². The van der Waals surface area contributed by atoms with Crippen LogP contribution in [0.3, 0.4) is 0 Å². The number of nitrogens with zero attached hydrogens (tertiary/aromatic N) is 3. The van der Waals surface area contributed by atoms with Gasteiger partial charge in [0.05, 0.1) is 5.69 Å². The maximum Gasteiger partial charge on any atom is 0.221 e. The van der Waals surface area contributed by atoms with Gasteiger partial charge in [-0.3, -0.25) is 4.79 Å². The second kappa shape index (κ2) is 6.53. The van der Waals surface area contributed by atoms with E-state index in [1.807, 2.05) is 0 Å². The molecule has 0 atom stereocenters. The van der Waals surface area contributed by atoms with Gasteiger partial charge in [0.25, 0.3) is 0 Å². The van der Waals surface area contributed by atoms with Crippen molar-refractivity contribution >= 4 is 17.3 Å². The lowest BCUT2D eigenvalue weighted by atomic mass is 10.2. The van der Waals surface area contributed by atoms with Gasteiger partial charge in [0.15, 0.2) is 5.57 Å². The number of benzene rings is 1. The van der Waals surface area contributed by atoms with Gasteiger partial charge >= 0.3 is 0 Å². The molecule has 0 saturated carbocycles. The summed E-state index contributed by atoms with van der Waals surface area (Å²) in [6, 6.07) is 8.35. The molecule has 0 aliphatic rings. The molecular weight excluding hydrogens is 261 g/mol. The van der Waals surface area contributed by atoms with E-state index >= 15 is 0 Å². The molecule has 0 heterocycles. The third kappa shape index (κ3) is 3.56. The molecule has 1 aromatic rings. The Labute approximate surface area is 114 Å². The second-order valence-corrected chi connectivity index (χ2v) is 3.59. The zero-order valence-corrected chi connectivity index (χ0v) is 10.4. The molecule has 1 rings (SSSR count). The third-order valence-electron chi connectivity index (χ3n) is 2.13. The maximum atomic E-state index is 13.6. The van der Waals surface area contributed by atoms with E-state index in [1.54, 1.807) is 6.07 Å². The smallest absolute Gasteiger partial charge is 0.221 e.